The van der Waals surface area contributed by atoms with Gasteiger partial charge in [0.25, 0.3) is 5.91 Å². The number of piperazine rings is 1. The summed E-state index contributed by atoms with van der Waals surface area (Å²) < 4.78 is 8.32. The Morgan fingerprint density at radius 2 is 1.75 bits per heavy atom. The number of thiocarbonyl (C=S) groups is 1. The van der Waals surface area contributed by atoms with Gasteiger partial charge in [0.1, 0.15) is 11.0 Å². The Bertz CT molecular complexity index is 1150. The summed E-state index contributed by atoms with van der Waals surface area (Å²) in [5.41, 5.74) is 3.70. The summed E-state index contributed by atoms with van der Waals surface area (Å²) in [4.78, 5) is 29.0. The van der Waals surface area contributed by atoms with Crippen molar-refractivity contribution in [1.82, 2.24) is 19.0 Å². The molecular formula is C22H24N6O2S2. The van der Waals surface area contributed by atoms with E-state index in [4.69, 9.17) is 12.2 Å². The number of para-hydroxylation sites is 2. The van der Waals surface area contributed by atoms with Crippen molar-refractivity contribution in [3.63, 3.8) is 0 Å². The molecule has 2 amide bonds. The van der Waals surface area contributed by atoms with Crippen LogP contribution in [-0.2, 0) is 4.79 Å². The molecule has 1 aliphatic heterocycles. The second-order valence-electron chi connectivity index (χ2n) is 7.86. The van der Waals surface area contributed by atoms with Crippen LogP contribution in [0.5, 0.6) is 0 Å². The lowest BCUT2D eigenvalue weighted by atomic mass is 10.1. The molecule has 0 unspecified atom stereocenters. The van der Waals surface area contributed by atoms with Crippen LogP contribution in [0.3, 0.4) is 0 Å². The third kappa shape index (κ3) is 4.86. The first kappa shape index (κ1) is 22.1. The van der Waals surface area contributed by atoms with Gasteiger partial charge >= 0.3 is 0 Å². The maximum atomic E-state index is 12.6. The molecule has 0 bridgehead atoms. The van der Waals surface area contributed by atoms with Crippen molar-refractivity contribution in [2.45, 2.75) is 13.8 Å². The predicted octanol–water partition coefficient (Wildman–Crippen LogP) is 3.12. The number of benzene rings is 2. The van der Waals surface area contributed by atoms with Crippen LogP contribution in [0.4, 0.5) is 11.4 Å². The van der Waals surface area contributed by atoms with E-state index >= 15 is 0 Å². The molecule has 1 saturated heterocycles. The van der Waals surface area contributed by atoms with Gasteiger partial charge in [0.05, 0.1) is 23.1 Å². The van der Waals surface area contributed by atoms with Gasteiger partial charge in [0.2, 0.25) is 5.91 Å². The molecule has 0 aliphatic carbocycles. The molecule has 3 aromatic rings. The van der Waals surface area contributed by atoms with Crippen LogP contribution in [-0.4, -0.2) is 56.8 Å². The lowest BCUT2D eigenvalue weighted by molar-refractivity contribution is -0.134. The Morgan fingerprint density at radius 3 is 2.50 bits per heavy atom. The minimum Gasteiger partial charge on any atom is -0.366 e. The van der Waals surface area contributed by atoms with Gasteiger partial charge in [-0.05, 0) is 42.5 Å². The quantitative estimate of drug-likeness (QED) is 0.569. The van der Waals surface area contributed by atoms with Crippen LogP contribution in [0.25, 0.3) is 11.0 Å². The molecule has 4 rings (SSSR count). The second kappa shape index (κ2) is 9.58. The molecule has 2 N–H and O–H groups in total. The second-order valence-corrected chi connectivity index (χ2v) is 8.80. The molecule has 1 aliphatic rings. The Labute approximate surface area is 195 Å². The molecule has 166 valence electrons. The van der Waals surface area contributed by atoms with Crippen LogP contribution >= 0.6 is 23.9 Å². The maximum absolute atomic E-state index is 12.6. The number of nitrogens with one attached hydrogen (secondary N) is 2. The molecule has 0 saturated carbocycles. The zero-order valence-electron chi connectivity index (χ0n) is 17.9. The number of carbonyl (C=O) groups is 2. The fourth-order valence-electron chi connectivity index (χ4n) is 3.64. The molecule has 2 aromatic carbocycles. The number of fused-ring (bicyclic) bond motifs is 1. The summed E-state index contributed by atoms with van der Waals surface area (Å²) in [5, 5.41) is 6.09. The number of aromatic nitrogens is 2. The Morgan fingerprint density at radius 1 is 1.03 bits per heavy atom. The molecule has 0 spiro atoms. The van der Waals surface area contributed by atoms with Gasteiger partial charge in [-0.3, -0.25) is 14.9 Å². The number of amides is 2. The summed E-state index contributed by atoms with van der Waals surface area (Å²) in [5.74, 6) is -0.119. The zero-order chi connectivity index (χ0) is 22.7. The van der Waals surface area contributed by atoms with Gasteiger partial charge in [-0.2, -0.15) is 8.75 Å². The maximum Gasteiger partial charge on any atom is 0.257 e. The van der Waals surface area contributed by atoms with E-state index in [9.17, 15) is 9.59 Å². The fraction of sp³-hybridized carbons (Fsp3) is 0.318. The first-order chi connectivity index (χ1) is 15.4. The molecule has 8 nitrogen and oxygen atoms in total. The number of rotatable bonds is 4. The van der Waals surface area contributed by atoms with Crippen molar-refractivity contribution in [3.8, 4) is 0 Å². The molecule has 1 fully saturated rings. The van der Waals surface area contributed by atoms with E-state index in [1.807, 2.05) is 43.0 Å². The summed E-state index contributed by atoms with van der Waals surface area (Å²) in [6, 6.07) is 13.0. The number of hydrogen-bond acceptors (Lipinski definition) is 7. The van der Waals surface area contributed by atoms with Gasteiger partial charge in [-0.25, -0.2) is 0 Å². The Balaban J connectivity index is 1.40. The van der Waals surface area contributed by atoms with E-state index in [0.717, 1.165) is 41.7 Å². The van der Waals surface area contributed by atoms with Gasteiger partial charge in [0.15, 0.2) is 5.11 Å². The van der Waals surface area contributed by atoms with Crippen LogP contribution in [0.1, 0.15) is 24.2 Å². The SMILES string of the molecule is CC(C)C(=O)N1CCN(c2ccccc2NC(=S)NC(=O)c2ccc3nsnc3c2)CC1. The lowest BCUT2D eigenvalue weighted by Gasteiger charge is -2.37. The van der Waals surface area contributed by atoms with Crippen LogP contribution in [0.2, 0.25) is 0 Å². The lowest BCUT2D eigenvalue weighted by Crippen LogP contribution is -2.50. The normalized spacial score (nSPS) is 14.0. The van der Waals surface area contributed by atoms with E-state index in [1.54, 1.807) is 18.2 Å². The van der Waals surface area contributed by atoms with Crippen molar-refractivity contribution in [2.24, 2.45) is 5.92 Å². The van der Waals surface area contributed by atoms with Gasteiger partial charge in [0, 0.05) is 37.7 Å². The molecular weight excluding hydrogens is 444 g/mol. The van der Waals surface area contributed by atoms with Crippen molar-refractivity contribution >= 4 is 63.3 Å². The highest BCUT2D eigenvalue weighted by Gasteiger charge is 2.24. The predicted molar refractivity (Wildman–Crippen MR) is 131 cm³/mol. The number of hydrogen-bond donors (Lipinski definition) is 2. The molecule has 0 atom stereocenters. The van der Waals surface area contributed by atoms with E-state index in [-0.39, 0.29) is 22.8 Å². The minimum absolute atomic E-state index is 0.00369. The Kier molecular flexibility index (Phi) is 6.61. The summed E-state index contributed by atoms with van der Waals surface area (Å²) >= 11 is 6.50. The van der Waals surface area contributed by atoms with Gasteiger partial charge in [-0.15, -0.1) is 0 Å². The zero-order valence-corrected chi connectivity index (χ0v) is 19.5. The first-order valence-electron chi connectivity index (χ1n) is 10.4. The average molecular weight is 469 g/mol. The van der Waals surface area contributed by atoms with Gasteiger partial charge < -0.3 is 15.1 Å². The highest BCUT2D eigenvalue weighted by atomic mass is 32.1. The summed E-state index contributed by atoms with van der Waals surface area (Å²) in [7, 11) is 0. The largest absolute Gasteiger partial charge is 0.366 e. The molecule has 1 aromatic heterocycles. The third-order valence-corrected chi connectivity index (χ3v) is 6.08. The third-order valence-electron chi connectivity index (χ3n) is 5.32. The number of carbonyl (C=O) groups excluding carboxylic acids is 2. The molecule has 0 radical (unpaired) electrons. The van der Waals surface area contributed by atoms with E-state index in [1.165, 1.54) is 0 Å². The standard InChI is InChI=1S/C22H24N6O2S2/c1-14(2)21(30)28-11-9-27(10-12-28)19-6-4-3-5-17(19)23-22(31)24-20(29)15-7-8-16-18(13-15)26-32-25-16/h3-8,13-14H,9-12H2,1-2H3,(H2,23,24,29,31). The summed E-state index contributed by atoms with van der Waals surface area (Å²) in [6.07, 6.45) is 0. The van der Waals surface area contributed by atoms with Crippen molar-refractivity contribution < 1.29 is 9.59 Å². The summed E-state index contributed by atoms with van der Waals surface area (Å²) in [6.45, 7) is 6.68. The van der Waals surface area contributed by atoms with Gasteiger partial charge in [-0.1, -0.05) is 26.0 Å². The highest BCUT2D eigenvalue weighted by Crippen LogP contribution is 2.27. The molecule has 10 heteroatoms. The van der Waals surface area contributed by atoms with Crippen LogP contribution in [0, 0.1) is 5.92 Å². The molecule has 2 heterocycles. The van der Waals surface area contributed by atoms with E-state index in [0.29, 0.717) is 24.2 Å². The topological polar surface area (TPSA) is 90.5 Å². The van der Waals surface area contributed by atoms with Crippen LogP contribution in [0.15, 0.2) is 42.5 Å². The van der Waals surface area contributed by atoms with Crippen molar-refractivity contribution in [1.29, 1.82) is 0 Å². The molecule has 32 heavy (non-hydrogen) atoms. The number of nitrogens with zero attached hydrogens (tertiary/aromatic N) is 4. The van der Waals surface area contributed by atoms with Crippen molar-refractivity contribution in [3.05, 3.63) is 48.0 Å². The van der Waals surface area contributed by atoms with Crippen LogP contribution < -0.4 is 15.5 Å². The average Bonchev–Trinajstić information content (AvgIpc) is 3.27. The minimum atomic E-state index is -0.310. The van der Waals surface area contributed by atoms with E-state index < -0.39 is 0 Å². The number of anilines is 2. The smallest absolute Gasteiger partial charge is 0.257 e. The fourth-order valence-corrected chi connectivity index (χ4v) is 4.36. The van der Waals surface area contributed by atoms with E-state index in [2.05, 4.69) is 24.3 Å². The monoisotopic (exact) mass is 468 g/mol. The first-order valence-corrected chi connectivity index (χ1v) is 11.5. The van der Waals surface area contributed by atoms with Crippen molar-refractivity contribution in [2.75, 3.05) is 36.4 Å². The Hall–Kier alpha value is -3.11. The highest BCUT2D eigenvalue weighted by molar-refractivity contribution is 7.80.